The Kier molecular flexibility index (Phi) is 5.74. The Morgan fingerprint density at radius 2 is 2.21 bits per heavy atom. The van der Waals surface area contributed by atoms with Crippen LogP contribution in [-0.2, 0) is 4.74 Å². The number of nitro benzene ring substituents is 1. The van der Waals surface area contributed by atoms with E-state index in [2.05, 4.69) is 5.32 Å². The van der Waals surface area contributed by atoms with Gasteiger partial charge in [-0.25, -0.2) is 4.79 Å². The van der Waals surface area contributed by atoms with E-state index in [0.29, 0.717) is 13.2 Å². The van der Waals surface area contributed by atoms with E-state index < -0.39 is 10.9 Å². The Balaban J connectivity index is 2.83. The molecule has 0 aliphatic rings. The lowest BCUT2D eigenvalue weighted by molar-refractivity contribution is -0.384. The van der Waals surface area contributed by atoms with Gasteiger partial charge in [-0.05, 0) is 18.9 Å². The van der Waals surface area contributed by atoms with Crippen LogP contribution in [0.4, 0.5) is 11.4 Å². The van der Waals surface area contributed by atoms with Gasteiger partial charge in [-0.3, -0.25) is 10.1 Å². The molecule has 7 nitrogen and oxygen atoms in total. The number of ether oxygens (including phenoxy) is 1. The molecular formula is C12H16N2O5. The van der Waals surface area contributed by atoms with Crippen LogP contribution in [0.15, 0.2) is 18.2 Å². The first-order chi connectivity index (χ1) is 9.07. The second-order valence-electron chi connectivity index (χ2n) is 3.89. The third-order valence-electron chi connectivity index (χ3n) is 2.55. The van der Waals surface area contributed by atoms with Gasteiger partial charge in [0.05, 0.1) is 10.5 Å². The highest BCUT2D eigenvalue weighted by Gasteiger charge is 2.20. The maximum absolute atomic E-state index is 11.0. The van der Waals surface area contributed by atoms with Crippen molar-refractivity contribution in [2.24, 2.45) is 0 Å². The van der Waals surface area contributed by atoms with Crippen LogP contribution in [-0.4, -0.2) is 36.3 Å². The van der Waals surface area contributed by atoms with E-state index in [9.17, 15) is 14.9 Å². The molecule has 0 saturated heterocycles. The first-order valence-corrected chi connectivity index (χ1v) is 5.81. The Bertz CT molecular complexity index is 429. The topological polar surface area (TPSA) is 102 Å². The lowest BCUT2D eigenvalue weighted by Crippen LogP contribution is -2.10. The monoisotopic (exact) mass is 268 g/mol. The van der Waals surface area contributed by atoms with E-state index in [1.54, 1.807) is 7.11 Å². The lowest BCUT2D eigenvalue weighted by atomic mass is 10.1. The van der Waals surface area contributed by atoms with E-state index in [1.807, 2.05) is 0 Å². The number of methoxy groups -OCH3 is 1. The van der Waals surface area contributed by atoms with Gasteiger partial charge < -0.3 is 15.2 Å². The Labute approximate surface area is 110 Å². The van der Waals surface area contributed by atoms with Crippen molar-refractivity contribution in [2.45, 2.75) is 12.8 Å². The number of carbonyl (C=O) groups is 1. The zero-order valence-corrected chi connectivity index (χ0v) is 10.6. The second kappa shape index (κ2) is 7.32. The van der Waals surface area contributed by atoms with Gasteiger partial charge in [0.1, 0.15) is 5.69 Å². The molecule has 0 heterocycles. The molecule has 0 amide bonds. The number of nitrogens with one attached hydrogen (secondary N) is 1. The number of hydrogen-bond acceptors (Lipinski definition) is 5. The third kappa shape index (κ3) is 4.22. The number of nitro groups is 1. The Hall–Kier alpha value is -2.15. The maximum Gasteiger partial charge on any atom is 0.338 e. The van der Waals surface area contributed by atoms with Crippen molar-refractivity contribution in [3.05, 3.63) is 33.9 Å². The fourth-order valence-corrected chi connectivity index (χ4v) is 1.64. The highest BCUT2D eigenvalue weighted by Crippen LogP contribution is 2.28. The molecule has 0 aliphatic heterocycles. The minimum absolute atomic E-state index is 0.0532. The van der Waals surface area contributed by atoms with Crippen molar-refractivity contribution in [3.63, 3.8) is 0 Å². The molecule has 1 rings (SSSR count). The number of carboxylic acids is 1. The molecule has 0 radical (unpaired) electrons. The molecule has 2 N–H and O–H groups in total. The van der Waals surface area contributed by atoms with E-state index in [1.165, 1.54) is 18.2 Å². The first-order valence-electron chi connectivity index (χ1n) is 5.81. The summed E-state index contributed by atoms with van der Waals surface area (Å²) in [4.78, 5) is 21.3. The predicted molar refractivity (Wildman–Crippen MR) is 69.7 cm³/mol. The predicted octanol–water partition coefficient (Wildman–Crippen LogP) is 2.13. The van der Waals surface area contributed by atoms with Crippen LogP contribution in [0.5, 0.6) is 0 Å². The minimum atomic E-state index is -1.19. The van der Waals surface area contributed by atoms with Gasteiger partial charge >= 0.3 is 5.97 Å². The van der Waals surface area contributed by atoms with Crippen molar-refractivity contribution in [3.8, 4) is 0 Å². The number of nitrogens with zero attached hydrogens (tertiary/aromatic N) is 1. The zero-order chi connectivity index (χ0) is 14.3. The second-order valence-corrected chi connectivity index (χ2v) is 3.89. The zero-order valence-electron chi connectivity index (χ0n) is 10.6. The molecule has 0 bridgehead atoms. The molecule has 19 heavy (non-hydrogen) atoms. The van der Waals surface area contributed by atoms with Gasteiger partial charge in [-0.2, -0.15) is 0 Å². The third-order valence-corrected chi connectivity index (χ3v) is 2.55. The molecule has 1 aromatic carbocycles. The van der Waals surface area contributed by atoms with Crippen LogP contribution in [0.2, 0.25) is 0 Å². The molecule has 104 valence electrons. The van der Waals surface area contributed by atoms with Crippen LogP contribution in [0.25, 0.3) is 0 Å². The number of benzene rings is 1. The summed E-state index contributed by atoms with van der Waals surface area (Å²) in [5, 5.41) is 22.7. The summed E-state index contributed by atoms with van der Waals surface area (Å²) in [6.45, 7) is 1.05. The normalized spacial score (nSPS) is 10.2. The van der Waals surface area contributed by atoms with Crippen molar-refractivity contribution in [1.29, 1.82) is 0 Å². The van der Waals surface area contributed by atoms with Crippen LogP contribution in [0.3, 0.4) is 0 Å². The molecule has 0 spiro atoms. The summed E-state index contributed by atoms with van der Waals surface area (Å²) in [6, 6.07) is 3.98. The van der Waals surface area contributed by atoms with Crippen molar-refractivity contribution < 1.29 is 19.6 Å². The lowest BCUT2D eigenvalue weighted by Gasteiger charge is -2.09. The van der Waals surface area contributed by atoms with Gasteiger partial charge in [0.15, 0.2) is 0 Å². The fraction of sp³-hybridized carbons (Fsp3) is 0.417. The van der Waals surface area contributed by atoms with Crippen molar-refractivity contribution >= 4 is 17.3 Å². The number of para-hydroxylation sites is 1. The van der Waals surface area contributed by atoms with Crippen LogP contribution in [0.1, 0.15) is 23.2 Å². The molecule has 0 aromatic heterocycles. The molecular weight excluding hydrogens is 252 g/mol. The highest BCUT2D eigenvalue weighted by molar-refractivity contribution is 5.96. The van der Waals surface area contributed by atoms with E-state index >= 15 is 0 Å². The average molecular weight is 268 g/mol. The quantitative estimate of drug-likeness (QED) is 0.425. The largest absolute Gasteiger partial charge is 0.478 e. The molecule has 0 saturated carbocycles. The Morgan fingerprint density at radius 3 is 2.79 bits per heavy atom. The minimum Gasteiger partial charge on any atom is -0.478 e. The molecule has 0 unspecified atom stereocenters. The SMILES string of the molecule is COCCCCNc1c(C(=O)O)cccc1[N+](=O)[O-]. The van der Waals surface area contributed by atoms with Crippen LogP contribution < -0.4 is 5.32 Å². The number of aromatic carboxylic acids is 1. The summed E-state index contributed by atoms with van der Waals surface area (Å²) in [5.41, 5.74) is -0.273. The van der Waals surface area contributed by atoms with Crippen molar-refractivity contribution in [2.75, 3.05) is 25.6 Å². The summed E-state index contributed by atoms with van der Waals surface area (Å²) in [7, 11) is 1.60. The standard InChI is InChI=1S/C12H16N2O5/c1-19-8-3-2-7-13-11-9(12(15)16)5-4-6-10(11)14(17)18/h4-6,13H,2-3,7-8H2,1H3,(H,15,16). The van der Waals surface area contributed by atoms with Gasteiger partial charge in [0.25, 0.3) is 5.69 Å². The van der Waals surface area contributed by atoms with Gasteiger partial charge in [0.2, 0.25) is 0 Å². The van der Waals surface area contributed by atoms with Gasteiger partial charge in [-0.1, -0.05) is 6.07 Å². The first kappa shape index (κ1) is 14.9. The number of rotatable bonds is 8. The Morgan fingerprint density at radius 1 is 1.47 bits per heavy atom. The summed E-state index contributed by atoms with van der Waals surface area (Å²) >= 11 is 0. The van der Waals surface area contributed by atoms with Crippen molar-refractivity contribution in [1.82, 2.24) is 0 Å². The molecule has 7 heteroatoms. The highest BCUT2D eigenvalue weighted by atomic mass is 16.6. The van der Waals surface area contributed by atoms with E-state index in [-0.39, 0.29) is 16.9 Å². The average Bonchev–Trinajstić information content (AvgIpc) is 2.38. The van der Waals surface area contributed by atoms with Gasteiger partial charge in [-0.15, -0.1) is 0 Å². The van der Waals surface area contributed by atoms with E-state index in [4.69, 9.17) is 9.84 Å². The number of anilines is 1. The summed E-state index contributed by atoms with van der Waals surface area (Å²) in [5.74, 6) is -1.19. The summed E-state index contributed by atoms with van der Waals surface area (Å²) in [6.07, 6.45) is 1.53. The summed E-state index contributed by atoms with van der Waals surface area (Å²) < 4.78 is 4.89. The molecule has 1 aromatic rings. The number of carboxylic acid groups (broad SMARTS) is 1. The molecule has 0 atom stereocenters. The number of unbranched alkanes of at least 4 members (excludes halogenated alkanes) is 1. The smallest absolute Gasteiger partial charge is 0.338 e. The molecule has 0 aliphatic carbocycles. The molecule has 0 fully saturated rings. The van der Waals surface area contributed by atoms with Crippen LogP contribution >= 0.6 is 0 Å². The van der Waals surface area contributed by atoms with E-state index in [0.717, 1.165) is 12.8 Å². The van der Waals surface area contributed by atoms with Crippen LogP contribution in [0, 0.1) is 10.1 Å². The fourth-order valence-electron chi connectivity index (χ4n) is 1.64. The van der Waals surface area contributed by atoms with Gasteiger partial charge in [0, 0.05) is 26.3 Å². The maximum atomic E-state index is 11.0. The number of hydrogen-bond donors (Lipinski definition) is 2.